The highest BCUT2D eigenvalue weighted by Crippen LogP contribution is 2.27. The zero-order valence-electron chi connectivity index (χ0n) is 12.0. The number of hydrogen-bond donors (Lipinski definition) is 1. The first kappa shape index (κ1) is 13.8. The molecule has 4 nitrogen and oxygen atoms in total. The summed E-state index contributed by atoms with van der Waals surface area (Å²) in [7, 11) is 0. The zero-order valence-corrected chi connectivity index (χ0v) is 12.0. The van der Waals surface area contributed by atoms with E-state index >= 15 is 0 Å². The van der Waals surface area contributed by atoms with Gasteiger partial charge in [0, 0.05) is 12.1 Å². The molecule has 4 heteroatoms. The second kappa shape index (κ2) is 6.08. The van der Waals surface area contributed by atoms with Gasteiger partial charge in [-0.15, -0.1) is 0 Å². The average molecular weight is 276 g/mol. The van der Waals surface area contributed by atoms with Gasteiger partial charge in [0.15, 0.2) is 0 Å². The number of imide groups is 1. The van der Waals surface area contributed by atoms with Crippen molar-refractivity contribution >= 4 is 11.8 Å². The van der Waals surface area contributed by atoms with Gasteiger partial charge in [-0.3, -0.25) is 14.5 Å². The first-order valence-corrected chi connectivity index (χ1v) is 8.02. The summed E-state index contributed by atoms with van der Waals surface area (Å²) in [6.07, 6.45) is 13.3. The van der Waals surface area contributed by atoms with Crippen LogP contribution in [0.4, 0.5) is 0 Å². The smallest absolute Gasteiger partial charge is 0.247 e. The Morgan fingerprint density at radius 2 is 1.85 bits per heavy atom. The van der Waals surface area contributed by atoms with Crippen LogP contribution < -0.4 is 5.32 Å². The Morgan fingerprint density at radius 3 is 2.55 bits per heavy atom. The van der Waals surface area contributed by atoms with Gasteiger partial charge in [-0.05, 0) is 32.1 Å². The highest BCUT2D eigenvalue weighted by Gasteiger charge is 2.42. The van der Waals surface area contributed by atoms with Crippen molar-refractivity contribution in [3.63, 3.8) is 0 Å². The summed E-state index contributed by atoms with van der Waals surface area (Å²) < 4.78 is 0. The van der Waals surface area contributed by atoms with Crippen LogP contribution in [-0.2, 0) is 9.59 Å². The molecular formula is C16H24N2O2. The van der Waals surface area contributed by atoms with E-state index in [1.807, 2.05) is 0 Å². The number of carbonyl (C=O) groups is 2. The number of nitrogens with zero attached hydrogens (tertiary/aromatic N) is 1. The van der Waals surface area contributed by atoms with E-state index in [-0.39, 0.29) is 23.9 Å². The lowest BCUT2D eigenvalue weighted by Crippen LogP contribution is -2.47. The maximum atomic E-state index is 12.5. The maximum absolute atomic E-state index is 12.5. The van der Waals surface area contributed by atoms with Crippen molar-refractivity contribution < 1.29 is 9.59 Å². The molecular weight excluding hydrogens is 252 g/mol. The van der Waals surface area contributed by atoms with Gasteiger partial charge in [0.2, 0.25) is 11.8 Å². The standard InChI is InChI=1S/C16H24N2O2/c19-15-11-14(17-12-7-3-1-4-8-12)16(20)18(15)13-9-5-2-6-10-13/h1,3,12-14,17H,2,4-11H2. The van der Waals surface area contributed by atoms with Gasteiger partial charge in [-0.2, -0.15) is 0 Å². The second-order valence-electron chi connectivity index (χ2n) is 6.30. The lowest BCUT2D eigenvalue weighted by molar-refractivity contribution is -0.142. The molecule has 0 aromatic rings. The summed E-state index contributed by atoms with van der Waals surface area (Å²) >= 11 is 0. The van der Waals surface area contributed by atoms with Crippen LogP contribution in [0.15, 0.2) is 12.2 Å². The van der Waals surface area contributed by atoms with Gasteiger partial charge >= 0.3 is 0 Å². The molecule has 2 amide bonds. The van der Waals surface area contributed by atoms with E-state index in [0.29, 0.717) is 12.5 Å². The normalized spacial score (nSPS) is 32.1. The van der Waals surface area contributed by atoms with Crippen molar-refractivity contribution in [2.24, 2.45) is 0 Å². The van der Waals surface area contributed by atoms with Crippen molar-refractivity contribution in [1.82, 2.24) is 10.2 Å². The lowest BCUT2D eigenvalue weighted by atomic mass is 9.94. The summed E-state index contributed by atoms with van der Waals surface area (Å²) in [5.74, 6) is 0.0576. The number of allylic oxidation sites excluding steroid dienone is 1. The van der Waals surface area contributed by atoms with Gasteiger partial charge in [0.25, 0.3) is 0 Å². The third-order valence-corrected chi connectivity index (χ3v) is 4.83. The van der Waals surface area contributed by atoms with Crippen molar-refractivity contribution in [2.45, 2.75) is 75.9 Å². The van der Waals surface area contributed by atoms with E-state index in [0.717, 1.165) is 44.9 Å². The van der Waals surface area contributed by atoms with Crippen LogP contribution >= 0.6 is 0 Å². The van der Waals surface area contributed by atoms with E-state index in [1.54, 1.807) is 4.90 Å². The summed E-state index contributed by atoms with van der Waals surface area (Å²) in [5, 5.41) is 3.40. The molecule has 2 aliphatic carbocycles. The molecule has 1 heterocycles. The van der Waals surface area contributed by atoms with Crippen molar-refractivity contribution in [3.8, 4) is 0 Å². The predicted molar refractivity (Wildman–Crippen MR) is 77.0 cm³/mol. The monoisotopic (exact) mass is 276 g/mol. The molecule has 0 aromatic heterocycles. The Kier molecular flexibility index (Phi) is 4.20. The molecule has 2 fully saturated rings. The first-order chi connectivity index (χ1) is 9.75. The molecule has 0 aromatic carbocycles. The van der Waals surface area contributed by atoms with Crippen LogP contribution in [0.2, 0.25) is 0 Å². The summed E-state index contributed by atoms with van der Waals surface area (Å²) in [6, 6.07) is 0.246. The van der Waals surface area contributed by atoms with Crippen LogP contribution in [0.25, 0.3) is 0 Å². The molecule has 0 bridgehead atoms. The van der Waals surface area contributed by atoms with Gasteiger partial charge in [0.1, 0.15) is 0 Å². The SMILES string of the molecule is O=C1CC(NC2CC=CCC2)C(=O)N1C1CCCCC1. The number of nitrogens with one attached hydrogen (secondary N) is 1. The van der Waals surface area contributed by atoms with Crippen LogP contribution in [-0.4, -0.2) is 34.8 Å². The minimum atomic E-state index is -0.277. The molecule has 1 aliphatic heterocycles. The Hall–Kier alpha value is -1.16. The lowest BCUT2D eigenvalue weighted by Gasteiger charge is -2.30. The summed E-state index contributed by atoms with van der Waals surface area (Å²) in [6.45, 7) is 0. The fourth-order valence-electron chi connectivity index (χ4n) is 3.73. The number of hydrogen-bond acceptors (Lipinski definition) is 3. The van der Waals surface area contributed by atoms with E-state index in [2.05, 4.69) is 17.5 Å². The molecule has 1 N–H and O–H groups in total. The molecule has 3 aliphatic rings. The number of amides is 2. The van der Waals surface area contributed by atoms with Crippen LogP contribution in [0.5, 0.6) is 0 Å². The number of likely N-dealkylation sites (tertiary alicyclic amines) is 1. The molecule has 2 unspecified atom stereocenters. The maximum Gasteiger partial charge on any atom is 0.247 e. The van der Waals surface area contributed by atoms with Crippen molar-refractivity contribution in [2.75, 3.05) is 0 Å². The number of carbonyl (C=O) groups excluding carboxylic acids is 2. The zero-order chi connectivity index (χ0) is 13.9. The minimum Gasteiger partial charge on any atom is -0.302 e. The predicted octanol–water partition coefficient (Wildman–Crippen LogP) is 2.14. The third kappa shape index (κ3) is 2.80. The van der Waals surface area contributed by atoms with Crippen LogP contribution in [0, 0.1) is 0 Å². The van der Waals surface area contributed by atoms with Crippen molar-refractivity contribution in [1.29, 1.82) is 0 Å². The Balaban J connectivity index is 1.62. The molecule has 1 saturated heterocycles. The van der Waals surface area contributed by atoms with E-state index in [1.165, 1.54) is 6.42 Å². The summed E-state index contributed by atoms with van der Waals surface area (Å²) in [5.41, 5.74) is 0. The van der Waals surface area contributed by atoms with Gasteiger partial charge in [0.05, 0.1) is 12.5 Å². The molecule has 0 spiro atoms. The van der Waals surface area contributed by atoms with Crippen LogP contribution in [0.3, 0.4) is 0 Å². The Morgan fingerprint density at radius 1 is 1.05 bits per heavy atom. The fourth-order valence-corrected chi connectivity index (χ4v) is 3.73. The highest BCUT2D eigenvalue weighted by atomic mass is 16.2. The van der Waals surface area contributed by atoms with E-state index in [4.69, 9.17) is 0 Å². The minimum absolute atomic E-state index is 0.0245. The topological polar surface area (TPSA) is 49.4 Å². The molecule has 20 heavy (non-hydrogen) atoms. The van der Waals surface area contributed by atoms with Crippen molar-refractivity contribution in [3.05, 3.63) is 12.2 Å². The average Bonchev–Trinajstić information content (AvgIpc) is 2.75. The second-order valence-corrected chi connectivity index (χ2v) is 6.30. The highest BCUT2D eigenvalue weighted by molar-refractivity contribution is 6.05. The molecule has 110 valence electrons. The molecule has 1 saturated carbocycles. The quantitative estimate of drug-likeness (QED) is 0.634. The van der Waals surface area contributed by atoms with E-state index in [9.17, 15) is 9.59 Å². The third-order valence-electron chi connectivity index (χ3n) is 4.83. The molecule has 2 atom stereocenters. The Bertz CT molecular complexity index is 413. The molecule has 3 rings (SSSR count). The summed E-state index contributed by atoms with van der Waals surface area (Å²) in [4.78, 5) is 26.3. The van der Waals surface area contributed by atoms with Crippen LogP contribution in [0.1, 0.15) is 57.8 Å². The van der Waals surface area contributed by atoms with Gasteiger partial charge < -0.3 is 5.32 Å². The largest absolute Gasteiger partial charge is 0.302 e. The number of rotatable bonds is 3. The van der Waals surface area contributed by atoms with E-state index < -0.39 is 0 Å². The molecule has 0 radical (unpaired) electrons. The van der Waals surface area contributed by atoms with Gasteiger partial charge in [-0.25, -0.2) is 0 Å². The first-order valence-electron chi connectivity index (χ1n) is 8.02. The van der Waals surface area contributed by atoms with Gasteiger partial charge in [-0.1, -0.05) is 31.4 Å². The Labute approximate surface area is 120 Å². The fraction of sp³-hybridized carbons (Fsp3) is 0.750.